The van der Waals surface area contributed by atoms with Gasteiger partial charge >= 0.3 is 0 Å². The molecule has 0 aliphatic heterocycles. The molecule has 0 radical (unpaired) electrons. The van der Waals surface area contributed by atoms with E-state index in [2.05, 4.69) is 5.32 Å². The molecule has 4 nitrogen and oxygen atoms in total. The van der Waals surface area contributed by atoms with Crippen molar-refractivity contribution >= 4 is 5.91 Å². The largest absolute Gasteiger partial charge is 0.481 e. The van der Waals surface area contributed by atoms with Gasteiger partial charge in [0.1, 0.15) is 5.75 Å². The number of carbonyl (C=O) groups excluding carboxylic acids is 1. The van der Waals surface area contributed by atoms with Crippen LogP contribution in [0.15, 0.2) is 24.3 Å². The number of nitrogens with one attached hydrogen (secondary N) is 1. The van der Waals surface area contributed by atoms with Gasteiger partial charge in [0.05, 0.1) is 6.61 Å². The summed E-state index contributed by atoms with van der Waals surface area (Å²) in [6.07, 6.45) is 6.54. The molecule has 4 heteroatoms. The molecule has 2 rings (SSSR count). The van der Waals surface area contributed by atoms with Crippen LogP contribution in [-0.2, 0) is 11.4 Å². The van der Waals surface area contributed by atoms with Crippen LogP contribution in [0, 0.1) is 0 Å². The van der Waals surface area contributed by atoms with Crippen LogP contribution < -0.4 is 10.1 Å². The minimum atomic E-state index is -0.526. The van der Waals surface area contributed by atoms with E-state index in [1.165, 1.54) is 25.7 Å². The lowest BCUT2D eigenvalue weighted by molar-refractivity contribution is -0.128. The standard InChI is InChI=1S/C17H25NO3/c1-13(21-16-10-6-7-14(11-16)12-19)17(20)18-15-8-4-2-3-5-9-15/h6-7,10-11,13,15,19H,2-5,8-9,12H2,1H3,(H,18,20). The molecule has 1 fully saturated rings. The Labute approximate surface area is 126 Å². The number of carbonyl (C=O) groups is 1. The van der Waals surface area contributed by atoms with Crippen molar-refractivity contribution in [2.24, 2.45) is 0 Å². The molecule has 1 unspecified atom stereocenters. The van der Waals surface area contributed by atoms with Gasteiger partial charge in [0, 0.05) is 6.04 Å². The maximum absolute atomic E-state index is 12.2. The van der Waals surface area contributed by atoms with Crippen LogP contribution >= 0.6 is 0 Å². The molecular formula is C17H25NO3. The molecule has 0 saturated heterocycles. The summed E-state index contributed by atoms with van der Waals surface area (Å²) in [5.74, 6) is 0.557. The van der Waals surface area contributed by atoms with Crippen molar-refractivity contribution in [3.63, 3.8) is 0 Å². The fraction of sp³-hybridized carbons (Fsp3) is 0.588. The van der Waals surface area contributed by atoms with Crippen molar-refractivity contribution < 1.29 is 14.6 Å². The number of aliphatic hydroxyl groups is 1. The van der Waals surface area contributed by atoms with Gasteiger partial charge < -0.3 is 15.2 Å². The zero-order chi connectivity index (χ0) is 15.1. The monoisotopic (exact) mass is 291 g/mol. The lowest BCUT2D eigenvalue weighted by atomic mass is 10.1. The molecule has 116 valence electrons. The second-order valence-electron chi connectivity index (χ2n) is 5.76. The third-order valence-corrected chi connectivity index (χ3v) is 3.96. The summed E-state index contributed by atoms with van der Waals surface area (Å²) in [6, 6.07) is 7.49. The molecule has 1 aliphatic carbocycles. The van der Waals surface area contributed by atoms with Crippen LogP contribution in [-0.4, -0.2) is 23.2 Å². The lowest BCUT2D eigenvalue weighted by Gasteiger charge is -2.20. The molecular weight excluding hydrogens is 266 g/mol. The highest BCUT2D eigenvalue weighted by molar-refractivity contribution is 5.81. The molecule has 0 bridgehead atoms. The third-order valence-electron chi connectivity index (χ3n) is 3.96. The summed E-state index contributed by atoms with van der Waals surface area (Å²) in [5, 5.41) is 12.2. The molecule has 0 spiro atoms. The Hall–Kier alpha value is -1.55. The van der Waals surface area contributed by atoms with Gasteiger partial charge in [0.2, 0.25) is 0 Å². The summed E-state index contributed by atoms with van der Waals surface area (Å²) in [5.41, 5.74) is 0.781. The fourth-order valence-corrected chi connectivity index (χ4v) is 2.72. The summed E-state index contributed by atoms with van der Waals surface area (Å²) in [4.78, 5) is 12.2. The van der Waals surface area contributed by atoms with Gasteiger partial charge in [-0.1, -0.05) is 37.8 Å². The zero-order valence-electron chi connectivity index (χ0n) is 12.7. The Kier molecular flexibility index (Phi) is 6.05. The Bertz CT molecular complexity index is 453. The number of ether oxygens (including phenoxy) is 1. The van der Waals surface area contributed by atoms with E-state index < -0.39 is 6.10 Å². The van der Waals surface area contributed by atoms with Crippen LogP contribution in [0.1, 0.15) is 51.0 Å². The summed E-state index contributed by atoms with van der Waals surface area (Å²) >= 11 is 0. The quantitative estimate of drug-likeness (QED) is 0.820. The molecule has 2 N–H and O–H groups in total. The Morgan fingerprint density at radius 2 is 2.05 bits per heavy atom. The van der Waals surface area contributed by atoms with Crippen molar-refractivity contribution in [1.29, 1.82) is 0 Å². The van der Waals surface area contributed by atoms with E-state index in [1.54, 1.807) is 19.1 Å². The van der Waals surface area contributed by atoms with E-state index in [0.717, 1.165) is 18.4 Å². The first kappa shape index (κ1) is 15.8. The van der Waals surface area contributed by atoms with E-state index in [4.69, 9.17) is 9.84 Å². The molecule has 0 aromatic heterocycles. The number of hydrogen-bond donors (Lipinski definition) is 2. The van der Waals surface area contributed by atoms with Crippen molar-refractivity contribution in [3.05, 3.63) is 29.8 Å². The summed E-state index contributed by atoms with van der Waals surface area (Å²) < 4.78 is 5.67. The van der Waals surface area contributed by atoms with E-state index in [-0.39, 0.29) is 18.6 Å². The highest BCUT2D eigenvalue weighted by atomic mass is 16.5. The number of amides is 1. The van der Waals surface area contributed by atoms with Crippen LogP contribution in [0.4, 0.5) is 0 Å². The van der Waals surface area contributed by atoms with Gasteiger partial charge in [-0.15, -0.1) is 0 Å². The van der Waals surface area contributed by atoms with Gasteiger partial charge in [-0.3, -0.25) is 4.79 Å². The van der Waals surface area contributed by atoms with E-state index in [0.29, 0.717) is 5.75 Å². The van der Waals surface area contributed by atoms with Gasteiger partial charge in [-0.2, -0.15) is 0 Å². The van der Waals surface area contributed by atoms with E-state index >= 15 is 0 Å². The van der Waals surface area contributed by atoms with E-state index in [1.807, 2.05) is 12.1 Å². The second-order valence-corrected chi connectivity index (χ2v) is 5.76. The summed E-state index contributed by atoms with van der Waals surface area (Å²) in [7, 11) is 0. The fourth-order valence-electron chi connectivity index (χ4n) is 2.72. The highest BCUT2D eigenvalue weighted by Gasteiger charge is 2.20. The first-order valence-corrected chi connectivity index (χ1v) is 7.86. The van der Waals surface area contributed by atoms with Gasteiger partial charge in [0.15, 0.2) is 6.10 Å². The Morgan fingerprint density at radius 1 is 1.33 bits per heavy atom. The summed E-state index contributed by atoms with van der Waals surface area (Å²) in [6.45, 7) is 1.73. The van der Waals surface area contributed by atoms with Crippen molar-refractivity contribution in [2.45, 2.75) is 64.2 Å². The minimum Gasteiger partial charge on any atom is -0.481 e. The van der Waals surface area contributed by atoms with Gasteiger partial charge in [0.25, 0.3) is 5.91 Å². The molecule has 21 heavy (non-hydrogen) atoms. The first-order chi connectivity index (χ1) is 10.2. The first-order valence-electron chi connectivity index (χ1n) is 7.86. The third kappa shape index (κ3) is 5.05. The van der Waals surface area contributed by atoms with E-state index in [9.17, 15) is 4.79 Å². The van der Waals surface area contributed by atoms with Crippen molar-refractivity contribution in [2.75, 3.05) is 0 Å². The molecule has 1 saturated carbocycles. The Morgan fingerprint density at radius 3 is 2.71 bits per heavy atom. The highest BCUT2D eigenvalue weighted by Crippen LogP contribution is 2.18. The molecule has 1 aromatic rings. The smallest absolute Gasteiger partial charge is 0.260 e. The topological polar surface area (TPSA) is 58.6 Å². The second kappa shape index (κ2) is 8.03. The average Bonchev–Trinajstić information content (AvgIpc) is 2.76. The number of hydrogen-bond acceptors (Lipinski definition) is 3. The molecule has 1 aliphatic rings. The molecule has 1 atom stereocenters. The lowest BCUT2D eigenvalue weighted by Crippen LogP contribution is -2.42. The molecule has 0 heterocycles. The number of rotatable bonds is 5. The normalized spacial score (nSPS) is 17.8. The number of aliphatic hydroxyl groups excluding tert-OH is 1. The van der Waals surface area contributed by atoms with Crippen molar-refractivity contribution in [1.82, 2.24) is 5.32 Å². The van der Waals surface area contributed by atoms with Gasteiger partial charge in [-0.05, 0) is 37.5 Å². The minimum absolute atomic E-state index is 0.0279. The average molecular weight is 291 g/mol. The molecule has 1 amide bonds. The number of benzene rings is 1. The zero-order valence-corrected chi connectivity index (χ0v) is 12.7. The van der Waals surface area contributed by atoms with Crippen LogP contribution in [0.3, 0.4) is 0 Å². The van der Waals surface area contributed by atoms with Crippen molar-refractivity contribution in [3.8, 4) is 5.75 Å². The van der Waals surface area contributed by atoms with Gasteiger partial charge in [-0.25, -0.2) is 0 Å². The molecule has 1 aromatic carbocycles. The van der Waals surface area contributed by atoms with Crippen LogP contribution in [0.2, 0.25) is 0 Å². The van der Waals surface area contributed by atoms with Crippen LogP contribution in [0.25, 0.3) is 0 Å². The predicted molar refractivity (Wildman–Crippen MR) is 82.1 cm³/mol. The SMILES string of the molecule is CC(Oc1cccc(CO)c1)C(=O)NC1CCCCCC1. The predicted octanol–water partition coefficient (Wildman–Crippen LogP) is 2.79. The van der Waals surface area contributed by atoms with Crippen LogP contribution in [0.5, 0.6) is 5.75 Å². The maximum atomic E-state index is 12.2. The maximum Gasteiger partial charge on any atom is 0.260 e. The Balaban J connectivity index is 1.86.